The number of rotatable bonds is 14. The maximum absolute atomic E-state index is 12.8. The Labute approximate surface area is 179 Å². The first-order valence-electron chi connectivity index (χ1n) is 9.43. The van der Waals surface area contributed by atoms with Crippen LogP contribution in [0.1, 0.15) is 25.0 Å². The lowest BCUT2D eigenvalue weighted by atomic mass is 10.1. The molecule has 0 spiro atoms. The second-order valence-corrected chi connectivity index (χ2v) is 6.90. The number of hydrogen-bond donors (Lipinski definition) is 8. The van der Waals surface area contributed by atoms with Gasteiger partial charge in [0.15, 0.2) is 0 Å². The van der Waals surface area contributed by atoms with E-state index < -0.39 is 41.8 Å². The SMILES string of the molecule is NCCCCC(NC(=O)C(Cc1cnc[nH]1)NC(=O)CN)C(=O)NC(CS)C(=O)O. The molecule has 1 aromatic heterocycles. The Morgan fingerprint density at radius 2 is 1.73 bits per heavy atom. The van der Waals surface area contributed by atoms with Crippen molar-refractivity contribution in [3.63, 3.8) is 0 Å². The number of amides is 3. The number of nitrogens with zero attached hydrogens (tertiary/aromatic N) is 1. The maximum Gasteiger partial charge on any atom is 0.327 e. The summed E-state index contributed by atoms with van der Waals surface area (Å²) in [5.74, 6) is -3.17. The normalized spacial score (nSPS) is 13.7. The second-order valence-electron chi connectivity index (χ2n) is 6.53. The van der Waals surface area contributed by atoms with Gasteiger partial charge in [0.25, 0.3) is 0 Å². The molecule has 0 fully saturated rings. The molecule has 0 aliphatic rings. The summed E-state index contributed by atoms with van der Waals surface area (Å²) in [6, 6.07) is -3.22. The van der Waals surface area contributed by atoms with E-state index in [9.17, 15) is 19.2 Å². The molecule has 30 heavy (non-hydrogen) atoms. The summed E-state index contributed by atoms with van der Waals surface area (Å²) in [7, 11) is 0. The average molecular weight is 444 g/mol. The van der Waals surface area contributed by atoms with Crippen molar-refractivity contribution in [3.8, 4) is 0 Å². The summed E-state index contributed by atoms with van der Waals surface area (Å²) >= 11 is 3.92. The third-order valence-corrected chi connectivity index (χ3v) is 4.56. The number of H-pyrrole nitrogens is 1. The van der Waals surface area contributed by atoms with Gasteiger partial charge in [0, 0.05) is 24.1 Å². The molecule has 0 bridgehead atoms. The standard InChI is InChI=1S/C17H29N7O5S/c18-4-2-1-3-11(15(26)24-13(8-30)17(28)29)23-16(27)12(22-14(25)6-19)5-10-7-20-9-21-10/h7,9,11-13,30H,1-6,8,18-19H2,(H,20,21)(H,22,25)(H,23,27)(H,24,26)(H,28,29). The van der Waals surface area contributed by atoms with Crippen molar-refractivity contribution in [1.29, 1.82) is 0 Å². The number of aliphatic carboxylic acids is 1. The van der Waals surface area contributed by atoms with Gasteiger partial charge in [0.1, 0.15) is 18.1 Å². The number of nitrogens with two attached hydrogens (primary N) is 2. The van der Waals surface area contributed by atoms with Crippen LogP contribution in [0, 0.1) is 0 Å². The highest BCUT2D eigenvalue weighted by molar-refractivity contribution is 7.80. The second kappa shape index (κ2) is 13.6. The Balaban J connectivity index is 2.92. The Kier molecular flexibility index (Phi) is 11.5. The summed E-state index contributed by atoms with van der Waals surface area (Å²) in [6.07, 6.45) is 4.44. The van der Waals surface area contributed by atoms with Crippen LogP contribution in [0.25, 0.3) is 0 Å². The van der Waals surface area contributed by atoms with Crippen LogP contribution in [0.3, 0.4) is 0 Å². The van der Waals surface area contributed by atoms with Gasteiger partial charge in [-0.25, -0.2) is 9.78 Å². The van der Waals surface area contributed by atoms with E-state index in [-0.39, 0.29) is 25.1 Å². The van der Waals surface area contributed by atoms with Crippen molar-refractivity contribution in [2.45, 2.75) is 43.8 Å². The van der Waals surface area contributed by atoms with E-state index in [1.807, 2.05) is 0 Å². The molecular formula is C17H29N7O5S. The number of unbranched alkanes of at least 4 members (excludes halogenated alkanes) is 1. The van der Waals surface area contributed by atoms with Crippen LogP contribution in [-0.2, 0) is 25.6 Å². The van der Waals surface area contributed by atoms with Gasteiger partial charge >= 0.3 is 5.97 Å². The summed E-state index contributed by atoms with van der Waals surface area (Å²) < 4.78 is 0. The van der Waals surface area contributed by atoms with Gasteiger partial charge in [0.05, 0.1) is 12.9 Å². The van der Waals surface area contributed by atoms with Crippen molar-refractivity contribution in [2.75, 3.05) is 18.8 Å². The number of aromatic amines is 1. The van der Waals surface area contributed by atoms with Crippen molar-refractivity contribution < 1.29 is 24.3 Å². The summed E-state index contributed by atoms with van der Waals surface area (Å²) in [6.45, 7) is 0.0983. The minimum Gasteiger partial charge on any atom is -0.480 e. The molecule has 0 aromatic carbocycles. The molecular weight excluding hydrogens is 414 g/mol. The first kappa shape index (κ1) is 25.4. The minimum absolute atomic E-state index is 0.100. The molecule has 3 unspecified atom stereocenters. The molecule has 3 amide bonds. The van der Waals surface area contributed by atoms with Gasteiger partial charge in [-0.2, -0.15) is 12.6 Å². The van der Waals surface area contributed by atoms with Crippen molar-refractivity contribution in [2.24, 2.45) is 11.5 Å². The van der Waals surface area contributed by atoms with E-state index in [4.69, 9.17) is 16.6 Å². The zero-order valence-corrected chi connectivity index (χ0v) is 17.4. The number of carboxylic acid groups (broad SMARTS) is 1. The smallest absolute Gasteiger partial charge is 0.327 e. The van der Waals surface area contributed by atoms with E-state index >= 15 is 0 Å². The minimum atomic E-state index is -1.24. The van der Waals surface area contributed by atoms with Crippen LogP contribution in [0.15, 0.2) is 12.5 Å². The first-order chi connectivity index (χ1) is 14.3. The Morgan fingerprint density at radius 3 is 2.27 bits per heavy atom. The fourth-order valence-electron chi connectivity index (χ4n) is 2.57. The predicted octanol–water partition coefficient (Wildman–Crippen LogP) is -2.49. The molecule has 0 aliphatic carbocycles. The Morgan fingerprint density at radius 1 is 1.07 bits per heavy atom. The van der Waals surface area contributed by atoms with Crippen LogP contribution in [0.4, 0.5) is 0 Å². The molecule has 3 atom stereocenters. The van der Waals surface area contributed by atoms with Gasteiger partial charge in [-0.3, -0.25) is 14.4 Å². The van der Waals surface area contributed by atoms with Crippen molar-refractivity contribution >= 4 is 36.3 Å². The maximum atomic E-state index is 12.8. The molecule has 9 N–H and O–H groups in total. The zero-order valence-electron chi connectivity index (χ0n) is 16.5. The molecule has 168 valence electrons. The first-order valence-corrected chi connectivity index (χ1v) is 10.1. The van der Waals surface area contributed by atoms with Crippen LogP contribution < -0.4 is 27.4 Å². The molecule has 0 saturated carbocycles. The Bertz CT molecular complexity index is 701. The number of imidazole rings is 1. The topological polar surface area (TPSA) is 205 Å². The van der Waals surface area contributed by atoms with Gasteiger partial charge in [-0.1, -0.05) is 0 Å². The van der Waals surface area contributed by atoms with E-state index in [0.717, 1.165) is 0 Å². The van der Waals surface area contributed by atoms with Gasteiger partial charge < -0.3 is 37.5 Å². The summed E-state index contributed by atoms with van der Waals surface area (Å²) in [5, 5.41) is 16.6. The summed E-state index contributed by atoms with van der Waals surface area (Å²) in [4.78, 5) is 55.0. The van der Waals surface area contributed by atoms with Gasteiger partial charge in [-0.05, 0) is 25.8 Å². The molecule has 13 heteroatoms. The lowest BCUT2D eigenvalue weighted by molar-refractivity contribution is -0.141. The molecule has 0 radical (unpaired) electrons. The molecule has 0 saturated heterocycles. The number of aromatic nitrogens is 2. The number of carbonyl (C=O) groups excluding carboxylic acids is 3. The number of thiol groups is 1. The van der Waals surface area contributed by atoms with Gasteiger partial charge in [0.2, 0.25) is 17.7 Å². The van der Waals surface area contributed by atoms with E-state index in [2.05, 4.69) is 38.5 Å². The number of hydrogen-bond acceptors (Lipinski definition) is 8. The number of nitrogens with one attached hydrogen (secondary N) is 4. The van der Waals surface area contributed by atoms with Crippen molar-refractivity contribution in [3.05, 3.63) is 18.2 Å². The Hall–Kier alpha value is -2.64. The average Bonchev–Trinajstić information content (AvgIpc) is 3.23. The molecule has 12 nitrogen and oxygen atoms in total. The summed E-state index contributed by atoms with van der Waals surface area (Å²) in [5.41, 5.74) is 11.4. The van der Waals surface area contributed by atoms with E-state index in [0.29, 0.717) is 25.1 Å². The lowest BCUT2D eigenvalue weighted by Gasteiger charge is -2.24. The lowest BCUT2D eigenvalue weighted by Crippen LogP contribution is -2.57. The third kappa shape index (κ3) is 8.80. The van der Waals surface area contributed by atoms with E-state index in [1.54, 1.807) is 0 Å². The molecule has 1 rings (SSSR count). The van der Waals surface area contributed by atoms with Crippen LogP contribution >= 0.6 is 12.6 Å². The number of carbonyl (C=O) groups is 4. The van der Waals surface area contributed by atoms with E-state index in [1.165, 1.54) is 12.5 Å². The van der Waals surface area contributed by atoms with Gasteiger partial charge in [-0.15, -0.1) is 0 Å². The van der Waals surface area contributed by atoms with Crippen LogP contribution in [0.2, 0.25) is 0 Å². The zero-order chi connectivity index (χ0) is 22.5. The molecule has 1 heterocycles. The number of carboxylic acids is 1. The predicted molar refractivity (Wildman–Crippen MR) is 112 cm³/mol. The quantitative estimate of drug-likeness (QED) is 0.114. The van der Waals surface area contributed by atoms with Crippen LogP contribution in [0.5, 0.6) is 0 Å². The monoisotopic (exact) mass is 443 g/mol. The highest BCUT2D eigenvalue weighted by atomic mass is 32.1. The highest BCUT2D eigenvalue weighted by Crippen LogP contribution is 2.05. The third-order valence-electron chi connectivity index (χ3n) is 4.19. The molecule has 0 aliphatic heterocycles. The van der Waals surface area contributed by atoms with Crippen LogP contribution in [-0.4, -0.2) is 75.7 Å². The fourth-order valence-corrected chi connectivity index (χ4v) is 2.82. The molecule has 1 aromatic rings. The van der Waals surface area contributed by atoms with Crippen molar-refractivity contribution in [1.82, 2.24) is 25.9 Å². The largest absolute Gasteiger partial charge is 0.480 e. The fraction of sp³-hybridized carbons (Fsp3) is 0.588. The highest BCUT2D eigenvalue weighted by Gasteiger charge is 2.29.